The molecule has 0 saturated carbocycles. The van der Waals surface area contributed by atoms with E-state index in [1.54, 1.807) is 12.3 Å². The van der Waals surface area contributed by atoms with Crippen molar-refractivity contribution in [2.45, 2.75) is 13.5 Å². The Morgan fingerprint density at radius 2 is 2.08 bits per heavy atom. The molecule has 0 unspecified atom stereocenters. The van der Waals surface area contributed by atoms with Crippen molar-refractivity contribution in [2.24, 2.45) is 0 Å². The van der Waals surface area contributed by atoms with Crippen molar-refractivity contribution in [3.05, 3.63) is 82.9 Å². The summed E-state index contributed by atoms with van der Waals surface area (Å²) in [5.41, 5.74) is 3.29. The van der Waals surface area contributed by atoms with Gasteiger partial charge < -0.3 is 4.74 Å². The van der Waals surface area contributed by atoms with Crippen LogP contribution in [-0.4, -0.2) is 10.9 Å². The van der Waals surface area contributed by atoms with Gasteiger partial charge >= 0.3 is 0 Å². The van der Waals surface area contributed by atoms with Crippen LogP contribution in [0.1, 0.15) is 16.7 Å². The third-order valence-corrected chi connectivity index (χ3v) is 4.15. The van der Waals surface area contributed by atoms with Crippen LogP contribution in [0.2, 0.25) is 0 Å². The highest BCUT2D eigenvalue weighted by molar-refractivity contribution is 7.13. The van der Waals surface area contributed by atoms with Gasteiger partial charge in [-0.3, -0.25) is 10.1 Å². The van der Waals surface area contributed by atoms with E-state index < -0.39 is 0 Å². The molecule has 3 rings (SSSR count). The zero-order valence-corrected chi connectivity index (χ0v) is 14.6. The van der Waals surface area contributed by atoms with E-state index in [9.17, 15) is 4.79 Å². The van der Waals surface area contributed by atoms with Gasteiger partial charge in [-0.25, -0.2) is 4.98 Å². The van der Waals surface area contributed by atoms with Crippen LogP contribution >= 0.6 is 11.3 Å². The number of carbonyl (C=O) groups excluding carboxylic acids is 1. The van der Waals surface area contributed by atoms with Gasteiger partial charge in [0.1, 0.15) is 12.4 Å². The predicted molar refractivity (Wildman–Crippen MR) is 102 cm³/mol. The highest BCUT2D eigenvalue weighted by Crippen LogP contribution is 2.16. The summed E-state index contributed by atoms with van der Waals surface area (Å²) in [6.45, 7) is 2.60. The first-order chi connectivity index (χ1) is 12.2. The van der Waals surface area contributed by atoms with Gasteiger partial charge in [0.25, 0.3) is 0 Å². The minimum absolute atomic E-state index is 0.199. The van der Waals surface area contributed by atoms with E-state index in [0.717, 1.165) is 16.9 Å². The van der Waals surface area contributed by atoms with Gasteiger partial charge in [-0.1, -0.05) is 42.0 Å². The lowest BCUT2D eigenvalue weighted by molar-refractivity contribution is -0.111. The molecular formula is C20H18N2O2S. The van der Waals surface area contributed by atoms with E-state index in [2.05, 4.69) is 29.4 Å². The van der Waals surface area contributed by atoms with Crippen molar-refractivity contribution in [1.82, 2.24) is 4.98 Å². The molecule has 25 heavy (non-hydrogen) atoms. The molecule has 126 valence electrons. The molecular weight excluding hydrogens is 332 g/mol. The summed E-state index contributed by atoms with van der Waals surface area (Å²) >= 11 is 1.39. The normalized spacial score (nSPS) is 10.8. The molecule has 1 amide bonds. The molecule has 1 heterocycles. The number of amides is 1. The zero-order valence-electron chi connectivity index (χ0n) is 13.8. The Kier molecular flexibility index (Phi) is 5.59. The lowest BCUT2D eigenvalue weighted by Crippen LogP contribution is -2.06. The number of nitrogens with zero attached hydrogens (tertiary/aromatic N) is 1. The van der Waals surface area contributed by atoms with E-state index in [1.165, 1.54) is 23.0 Å². The van der Waals surface area contributed by atoms with Crippen molar-refractivity contribution in [2.75, 3.05) is 5.32 Å². The Morgan fingerprint density at radius 1 is 1.24 bits per heavy atom. The molecule has 5 heteroatoms. The minimum atomic E-state index is -0.199. The van der Waals surface area contributed by atoms with Crippen LogP contribution in [0.4, 0.5) is 5.13 Å². The van der Waals surface area contributed by atoms with Gasteiger partial charge in [0.05, 0.1) is 0 Å². The van der Waals surface area contributed by atoms with Gasteiger partial charge in [-0.2, -0.15) is 0 Å². The summed E-state index contributed by atoms with van der Waals surface area (Å²) in [6, 6.07) is 15.9. The van der Waals surface area contributed by atoms with E-state index in [1.807, 2.05) is 41.8 Å². The van der Waals surface area contributed by atoms with Crippen molar-refractivity contribution in [3.8, 4) is 5.75 Å². The number of ether oxygens (including phenoxy) is 1. The number of rotatable bonds is 6. The summed E-state index contributed by atoms with van der Waals surface area (Å²) in [6.07, 6.45) is 4.90. The average Bonchev–Trinajstić information content (AvgIpc) is 3.12. The molecule has 0 aliphatic rings. The fourth-order valence-corrected chi connectivity index (χ4v) is 2.78. The molecule has 1 aromatic heterocycles. The lowest BCUT2D eigenvalue weighted by Gasteiger charge is -2.07. The number of carbonyl (C=O) groups is 1. The quantitative estimate of drug-likeness (QED) is 0.657. The first-order valence-electron chi connectivity index (χ1n) is 7.86. The van der Waals surface area contributed by atoms with Gasteiger partial charge in [0.15, 0.2) is 5.13 Å². The Labute approximate surface area is 150 Å². The van der Waals surface area contributed by atoms with Crippen molar-refractivity contribution in [3.63, 3.8) is 0 Å². The molecule has 0 aliphatic carbocycles. The second kappa shape index (κ2) is 8.26. The first-order valence-corrected chi connectivity index (χ1v) is 8.74. The molecule has 4 nitrogen and oxygen atoms in total. The van der Waals surface area contributed by atoms with Crippen LogP contribution in [0.15, 0.2) is 66.2 Å². The Morgan fingerprint density at radius 3 is 2.80 bits per heavy atom. The highest BCUT2D eigenvalue weighted by atomic mass is 32.1. The molecule has 0 spiro atoms. The third kappa shape index (κ3) is 5.29. The van der Waals surface area contributed by atoms with E-state index in [0.29, 0.717) is 11.7 Å². The second-order valence-corrected chi connectivity index (χ2v) is 6.40. The van der Waals surface area contributed by atoms with Crippen molar-refractivity contribution >= 4 is 28.5 Å². The molecule has 0 fully saturated rings. The molecule has 0 radical (unpaired) electrons. The summed E-state index contributed by atoms with van der Waals surface area (Å²) < 4.78 is 5.79. The average molecular weight is 350 g/mol. The zero-order chi connectivity index (χ0) is 17.5. The number of nitrogens with one attached hydrogen (secondary N) is 1. The second-order valence-electron chi connectivity index (χ2n) is 5.51. The molecule has 0 aliphatic heterocycles. The topological polar surface area (TPSA) is 51.2 Å². The molecule has 0 bridgehead atoms. The van der Waals surface area contributed by atoms with Crippen LogP contribution in [0.5, 0.6) is 5.75 Å². The Balaban J connectivity index is 1.53. The Hall–Kier alpha value is -2.92. The number of aromatic nitrogens is 1. The predicted octanol–water partition coefficient (Wildman–Crippen LogP) is 4.68. The Bertz CT molecular complexity index is 856. The van der Waals surface area contributed by atoms with Crippen LogP contribution in [-0.2, 0) is 11.4 Å². The fraction of sp³-hybridized carbons (Fsp3) is 0.100. The number of anilines is 1. The lowest BCUT2D eigenvalue weighted by atomic mass is 10.1. The molecule has 3 aromatic rings. The standard InChI is InChI=1S/C20H18N2O2S/c1-15-3-2-4-17(13-15)14-24-18-8-5-16(6-9-18)7-10-19(23)22-20-21-11-12-25-20/h2-13H,14H2,1H3,(H,21,22,23)/b10-7+. The minimum Gasteiger partial charge on any atom is -0.489 e. The first kappa shape index (κ1) is 16.9. The van der Waals surface area contributed by atoms with Crippen LogP contribution in [0.3, 0.4) is 0 Å². The molecule has 0 saturated heterocycles. The maximum atomic E-state index is 11.8. The van der Waals surface area contributed by atoms with Crippen molar-refractivity contribution in [1.29, 1.82) is 0 Å². The maximum Gasteiger partial charge on any atom is 0.250 e. The number of hydrogen-bond donors (Lipinski definition) is 1. The van der Waals surface area contributed by atoms with Gasteiger partial charge in [-0.05, 0) is 36.3 Å². The third-order valence-electron chi connectivity index (χ3n) is 3.46. The maximum absolute atomic E-state index is 11.8. The van der Waals surface area contributed by atoms with Crippen LogP contribution in [0.25, 0.3) is 6.08 Å². The van der Waals surface area contributed by atoms with Crippen molar-refractivity contribution < 1.29 is 9.53 Å². The SMILES string of the molecule is Cc1cccc(COc2ccc(/C=C/C(=O)Nc3nccs3)cc2)c1. The van der Waals surface area contributed by atoms with E-state index in [-0.39, 0.29) is 5.91 Å². The van der Waals surface area contributed by atoms with Gasteiger partial charge in [-0.15, -0.1) is 11.3 Å². The fourth-order valence-electron chi connectivity index (χ4n) is 2.25. The summed E-state index contributed by atoms with van der Waals surface area (Å²) in [4.78, 5) is 15.8. The van der Waals surface area contributed by atoms with E-state index >= 15 is 0 Å². The smallest absolute Gasteiger partial charge is 0.250 e. The highest BCUT2D eigenvalue weighted by Gasteiger charge is 2.00. The largest absolute Gasteiger partial charge is 0.489 e. The summed E-state index contributed by atoms with van der Waals surface area (Å²) in [5.74, 6) is 0.598. The number of thiazole rings is 1. The summed E-state index contributed by atoms with van der Waals surface area (Å²) in [7, 11) is 0. The molecule has 1 N–H and O–H groups in total. The van der Waals surface area contributed by atoms with Gasteiger partial charge in [0, 0.05) is 17.7 Å². The number of aryl methyl sites for hydroxylation is 1. The monoisotopic (exact) mass is 350 g/mol. The van der Waals surface area contributed by atoms with Crippen LogP contribution < -0.4 is 10.1 Å². The van der Waals surface area contributed by atoms with E-state index in [4.69, 9.17) is 4.74 Å². The molecule has 2 aromatic carbocycles. The number of benzene rings is 2. The van der Waals surface area contributed by atoms with Gasteiger partial charge in [0.2, 0.25) is 5.91 Å². The summed E-state index contributed by atoms with van der Waals surface area (Å²) in [5, 5.41) is 5.11. The number of hydrogen-bond acceptors (Lipinski definition) is 4. The van der Waals surface area contributed by atoms with Crippen LogP contribution in [0, 0.1) is 6.92 Å². The molecule has 0 atom stereocenters.